The summed E-state index contributed by atoms with van der Waals surface area (Å²) >= 11 is 0. The van der Waals surface area contributed by atoms with Crippen molar-refractivity contribution in [3.63, 3.8) is 0 Å². The predicted octanol–water partition coefficient (Wildman–Crippen LogP) is 2.66. The highest BCUT2D eigenvalue weighted by molar-refractivity contribution is 5.28. The van der Waals surface area contributed by atoms with Crippen LogP contribution >= 0.6 is 0 Å². The molecule has 1 fully saturated rings. The Hall–Kier alpha value is -1.00. The molecular weight excluding hydrogens is 234 g/mol. The van der Waals surface area contributed by atoms with Crippen molar-refractivity contribution < 1.29 is 8.78 Å². The van der Waals surface area contributed by atoms with Gasteiger partial charge in [0.25, 0.3) is 0 Å². The predicted molar refractivity (Wildman–Crippen MR) is 67.9 cm³/mol. The SMILES string of the molecule is NCC(N)(c1cc(F)ccc1F)C1CCCCC1. The van der Waals surface area contributed by atoms with Crippen molar-refractivity contribution in [3.05, 3.63) is 35.4 Å². The zero-order valence-corrected chi connectivity index (χ0v) is 10.5. The van der Waals surface area contributed by atoms with Crippen LogP contribution < -0.4 is 11.5 Å². The van der Waals surface area contributed by atoms with Crippen LogP contribution in [0.3, 0.4) is 0 Å². The Kier molecular flexibility index (Phi) is 3.97. The van der Waals surface area contributed by atoms with E-state index in [9.17, 15) is 8.78 Å². The average Bonchev–Trinajstić information content (AvgIpc) is 2.41. The normalized spacial score (nSPS) is 20.7. The fourth-order valence-corrected chi connectivity index (χ4v) is 2.97. The highest BCUT2D eigenvalue weighted by Crippen LogP contribution is 2.38. The van der Waals surface area contributed by atoms with Crippen molar-refractivity contribution in [2.24, 2.45) is 17.4 Å². The van der Waals surface area contributed by atoms with Gasteiger partial charge in [-0.3, -0.25) is 0 Å². The molecule has 0 aliphatic heterocycles. The topological polar surface area (TPSA) is 52.0 Å². The first kappa shape index (κ1) is 13.4. The second-order valence-electron chi connectivity index (χ2n) is 5.20. The van der Waals surface area contributed by atoms with Gasteiger partial charge in [-0.05, 0) is 37.0 Å². The van der Waals surface area contributed by atoms with Crippen LogP contribution in [0.15, 0.2) is 18.2 Å². The minimum atomic E-state index is -0.952. The van der Waals surface area contributed by atoms with Crippen molar-refractivity contribution in [2.45, 2.75) is 37.6 Å². The minimum absolute atomic E-state index is 0.132. The minimum Gasteiger partial charge on any atom is -0.328 e. The van der Waals surface area contributed by atoms with E-state index in [4.69, 9.17) is 11.5 Å². The highest BCUT2D eigenvalue weighted by Gasteiger charge is 2.38. The Bertz CT molecular complexity index is 416. The maximum Gasteiger partial charge on any atom is 0.128 e. The molecule has 0 spiro atoms. The number of hydrogen-bond donors (Lipinski definition) is 2. The summed E-state index contributed by atoms with van der Waals surface area (Å²) in [5, 5.41) is 0. The lowest BCUT2D eigenvalue weighted by Gasteiger charge is -2.39. The van der Waals surface area contributed by atoms with Gasteiger partial charge >= 0.3 is 0 Å². The van der Waals surface area contributed by atoms with Crippen LogP contribution in [0.1, 0.15) is 37.7 Å². The van der Waals surface area contributed by atoms with Crippen molar-refractivity contribution >= 4 is 0 Å². The van der Waals surface area contributed by atoms with Gasteiger partial charge in [0.2, 0.25) is 0 Å². The largest absolute Gasteiger partial charge is 0.328 e. The Morgan fingerprint density at radius 3 is 2.44 bits per heavy atom. The fourth-order valence-electron chi connectivity index (χ4n) is 2.97. The summed E-state index contributed by atoms with van der Waals surface area (Å²) in [6.45, 7) is 0.137. The molecule has 1 unspecified atom stereocenters. The van der Waals surface area contributed by atoms with Crippen LogP contribution in [0, 0.1) is 17.6 Å². The second kappa shape index (κ2) is 5.33. The molecule has 1 aromatic carbocycles. The molecule has 1 aliphatic carbocycles. The molecular formula is C14H20F2N2. The third-order valence-electron chi connectivity index (χ3n) is 4.10. The zero-order chi connectivity index (χ0) is 13.2. The summed E-state index contributed by atoms with van der Waals surface area (Å²) in [6.07, 6.45) is 5.22. The van der Waals surface area contributed by atoms with Gasteiger partial charge in [0.1, 0.15) is 11.6 Å². The molecule has 1 saturated carbocycles. The molecule has 2 rings (SSSR count). The Morgan fingerprint density at radius 2 is 1.83 bits per heavy atom. The maximum atomic E-state index is 13.9. The van der Waals surface area contributed by atoms with Gasteiger partial charge in [-0.2, -0.15) is 0 Å². The van der Waals surface area contributed by atoms with Crippen LogP contribution in [0.2, 0.25) is 0 Å². The molecule has 0 radical (unpaired) electrons. The number of hydrogen-bond acceptors (Lipinski definition) is 2. The van der Waals surface area contributed by atoms with Crippen molar-refractivity contribution in [1.82, 2.24) is 0 Å². The van der Waals surface area contributed by atoms with Crippen LogP contribution in [-0.4, -0.2) is 6.54 Å². The lowest BCUT2D eigenvalue weighted by atomic mass is 9.71. The summed E-state index contributed by atoms with van der Waals surface area (Å²) in [4.78, 5) is 0. The molecule has 0 amide bonds. The highest BCUT2D eigenvalue weighted by atomic mass is 19.1. The quantitative estimate of drug-likeness (QED) is 0.871. The van der Waals surface area contributed by atoms with E-state index in [1.165, 1.54) is 12.5 Å². The summed E-state index contributed by atoms with van der Waals surface area (Å²) < 4.78 is 27.2. The maximum absolute atomic E-state index is 13.9. The Labute approximate surface area is 106 Å². The number of halogens is 2. The molecule has 4 N–H and O–H groups in total. The summed E-state index contributed by atoms with van der Waals surface area (Å²) in [5.41, 5.74) is 11.4. The monoisotopic (exact) mass is 254 g/mol. The van der Waals surface area contributed by atoms with Crippen LogP contribution in [0.4, 0.5) is 8.78 Å². The third-order valence-corrected chi connectivity index (χ3v) is 4.10. The molecule has 0 saturated heterocycles. The molecule has 0 heterocycles. The zero-order valence-electron chi connectivity index (χ0n) is 10.5. The molecule has 18 heavy (non-hydrogen) atoms. The molecule has 4 heteroatoms. The van der Waals surface area contributed by atoms with Gasteiger partial charge in [0, 0.05) is 12.1 Å². The van der Waals surface area contributed by atoms with Crippen molar-refractivity contribution in [2.75, 3.05) is 6.54 Å². The Morgan fingerprint density at radius 1 is 1.17 bits per heavy atom. The van der Waals surface area contributed by atoms with E-state index in [1.54, 1.807) is 0 Å². The lowest BCUT2D eigenvalue weighted by Crippen LogP contribution is -2.51. The van der Waals surface area contributed by atoms with E-state index in [0.717, 1.165) is 37.8 Å². The number of nitrogens with two attached hydrogens (primary N) is 2. The molecule has 0 bridgehead atoms. The van der Waals surface area contributed by atoms with Crippen molar-refractivity contribution in [3.8, 4) is 0 Å². The van der Waals surface area contributed by atoms with Gasteiger partial charge in [-0.15, -0.1) is 0 Å². The van der Waals surface area contributed by atoms with Crippen LogP contribution in [0.5, 0.6) is 0 Å². The van der Waals surface area contributed by atoms with E-state index in [2.05, 4.69) is 0 Å². The number of rotatable bonds is 3. The average molecular weight is 254 g/mol. The van der Waals surface area contributed by atoms with E-state index >= 15 is 0 Å². The summed E-state index contributed by atoms with van der Waals surface area (Å²) in [7, 11) is 0. The van der Waals surface area contributed by atoms with Gasteiger partial charge in [0.15, 0.2) is 0 Å². The van der Waals surface area contributed by atoms with Crippen molar-refractivity contribution in [1.29, 1.82) is 0 Å². The Balaban J connectivity index is 2.38. The first-order valence-electron chi connectivity index (χ1n) is 6.52. The van der Waals surface area contributed by atoms with E-state index in [1.807, 2.05) is 0 Å². The summed E-state index contributed by atoms with van der Waals surface area (Å²) in [6, 6.07) is 3.43. The molecule has 1 atom stereocenters. The molecule has 100 valence electrons. The number of benzene rings is 1. The molecule has 2 nitrogen and oxygen atoms in total. The first-order chi connectivity index (χ1) is 8.58. The van der Waals surface area contributed by atoms with Crippen LogP contribution in [-0.2, 0) is 5.54 Å². The first-order valence-corrected chi connectivity index (χ1v) is 6.52. The lowest BCUT2D eigenvalue weighted by molar-refractivity contribution is 0.206. The molecule has 1 aliphatic rings. The third kappa shape index (κ3) is 2.40. The van der Waals surface area contributed by atoms with Gasteiger partial charge in [0.05, 0.1) is 5.54 Å². The second-order valence-corrected chi connectivity index (χ2v) is 5.20. The van der Waals surface area contributed by atoms with Crippen LogP contribution in [0.25, 0.3) is 0 Å². The van der Waals surface area contributed by atoms with E-state index < -0.39 is 17.2 Å². The smallest absolute Gasteiger partial charge is 0.128 e. The van der Waals surface area contributed by atoms with E-state index in [0.29, 0.717) is 0 Å². The summed E-state index contributed by atoms with van der Waals surface area (Å²) in [5.74, 6) is -0.798. The van der Waals surface area contributed by atoms with Gasteiger partial charge < -0.3 is 11.5 Å². The molecule has 1 aromatic rings. The van der Waals surface area contributed by atoms with Gasteiger partial charge in [-0.1, -0.05) is 19.3 Å². The van der Waals surface area contributed by atoms with E-state index in [-0.39, 0.29) is 18.0 Å². The van der Waals surface area contributed by atoms with Gasteiger partial charge in [-0.25, -0.2) is 8.78 Å². The fraction of sp³-hybridized carbons (Fsp3) is 0.571. The standard InChI is InChI=1S/C14H20F2N2/c15-11-6-7-13(16)12(8-11)14(18,9-17)10-4-2-1-3-5-10/h6-8,10H,1-5,9,17-18H2. The molecule has 0 aromatic heterocycles.